The van der Waals surface area contributed by atoms with Gasteiger partial charge in [0.1, 0.15) is 0 Å². The quantitative estimate of drug-likeness (QED) is 0.0665. The molecule has 0 saturated carbocycles. The molecule has 206 valence electrons. The van der Waals surface area contributed by atoms with Crippen LogP contribution in [0.1, 0.15) is 80.1 Å². The molecule has 0 aromatic heterocycles. The van der Waals surface area contributed by atoms with Crippen LogP contribution in [0.15, 0.2) is 33.7 Å². The monoisotopic (exact) mass is 627 g/mol. The number of likely N-dealkylation sites (tertiary alicyclic amines) is 1. The number of Topliss-reactive ketones (excluding diaryl/α,β-unsaturated/α-hetero) is 1. The van der Waals surface area contributed by atoms with Crippen molar-refractivity contribution in [3.8, 4) is 0 Å². The number of ketones is 1. The first kappa shape index (κ1) is 33.2. The summed E-state index contributed by atoms with van der Waals surface area (Å²) in [6.07, 6.45) is 13.0. The molecule has 0 spiro atoms. The maximum atomic E-state index is 13.1. The van der Waals surface area contributed by atoms with Gasteiger partial charge in [-0.2, -0.15) is 0 Å². The molecule has 1 saturated heterocycles. The summed E-state index contributed by atoms with van der Waals surface area (Å²) in [7, 11) is -0.449. The van der Waals surface area contributed by atoms with Crippen LogP contribution in [0.5, 0.6) is 0 Å². The number of allylic oxidation sites excluding steroid dienone is 3. The van der Waals surface area contributed by atoms with E-state index in [1.54, 1.807) is 7.05 Å². The Hall–Kier alpha value is -0.864. The topological polar surface area (TPSA) is 66.8 Å². The van der Waals surface area contributed by atoms with Crippen LogP contribution in [0.25, 0.3) is 0 Å². The second-order valence-corrected chi connectivity index (χ2v) is 29.8. The zero-order valence-corrected chi connectivity index (χ0v) is 28.4. The number of hydrogen-bond donors (Lipinski definition) is 1. The number of amides is 1. The second kappa shape index (κ2) is 14.9. The molecule has 1 rings (SSSR count). The average Bonchev–Trinajstić information content (AvgIpc) is 3.02. The number of likely N-dealkylation sites (N-methyl/N-ethyl adjacent to an activating group) is 1. The van der Waals surface area contributed by atoms with Crippen LogP contribution in [0, 0.1) is 0 Å². The number of hydrogen-bond acceptors (Lipinski definition) is 4. The fraction of sp³-hybridized carbons (Fsp3) is 0.724. The van der Waals surface area contributed by atoms with Crippen molar-refractivity contribution in [2.75, 3.05) is 13.7 Å². The number of aliphatic hydroxyl groups excluding tert-OH is 1. The molecule has 36 heavy (non-hydrogen) atoms. The fourth-order valence-corrected chi connectivity index (χ4v) is 19.5. The van der Waals surface area contributed by atoms with Crippen molar-refractivity contribution in [2.24, 2.45) is 0 Å². The summed E-state index contributed by atoms with van der Waals surface area (Å²) in [5.41, 5.74) is -0.122. The van der Waals surface area contributed by atoms with Crippen LogP contribution in [0.2, 0.25) is 31.4 Å². The second-order valence-electron chi connectivity index (χ2n) is 12.0. The van der Waals surface area contributed by atoms with Crippen LogP contribution < -0.4 is 0 Å². The molecule has 0 aliphatic carbocycles. The number of carbonyl (C=O) groups is 2. The normalized spacial score (nSPS) is 19.4. The summed E-state index contributed by atoms with van der Waals surface area (Å²) in [5.74, 6) is -1.03. The van der Waals surface area contributed by atoms with E-state index in [2.05, 4.69) is 64.8 Å². The van der Waals surface area contributed by atoms with Gasteiger partial charge in [0.05, 0.1) is 0 Å². The van der Waals surface area contributed by atoms with E-state index in [1.807, 2.05) is 6.08 Å². The minimum atomic E-state index is -2.41. The molecule has 1 atom stereocenters. The third kappa shape index (κ3) is 9.16. The Labute approximate surface area is 226 Å². The summed E-state index contributed by atoms with van der Waals surface area (Å²) in [5, 5.41) is 10.7. The van der Waals surface area contributed by atoms with Crippen LogP contribution in [-0.2, 0) is 14.0 Å². The van der Waals surface area contributed by atoms with Crippen molar-refractivity contribution in [1.82, 2.24) is 4.90 Å². The van der Waals surface area contributed by atoms with Gasteiger partial charge in [0.25, 0.3) is 0 Å². The molecule has 0 aromatic carbocycles. The molecule has 0 aromatic rings. The Balaban J connectivity index is 3.07. The molecule has 5 nitrogen and oxygen atoms in total. The first-order valence-corrected chi connectivity index (χ1v) is 24.6. The van der Waals surface area contributed by atoms with E-state index in [4.69, 9.17) is 4.43 Å². The number of unbranched alkanes of at least 4 members (excludes halogenated alkanes) is 3. The molecule has 7 heteroatoms. The van der Waals surface area contributed by atoms with Gasteiger partial charge in [0.2, 0.25) is 0 Å². The number of nitrogens with zero attached hydrogens (tertiary/aromatic N) is 1. The maximum absolute atomic E-state index is 13.1. The van der Waals surface area contributed by atoms with Gasteiger partial charge in [0.15, 0.2) is 0 Å². The molecule has 1 fully saturated rings. The Bertz CT molecular complexity index is 804. The van der Waals surface area contributed by atoms with Crippen LogP contribution in [-0.4, -0.2) is 68.1 Å². The van der Waals surface area contributed by atoms with Crippen molar-refractivity contribution in [1.29, 1.82) is 0 Å². The molecular weight excluding hydrogens is 573 g/mol. The predicted octanol–water partition coefficient (Wildman–Crippen LogP) is 7.73. The molecule has 0 bridgehead atoms. The Morgan fingerprint density at radius 2 is 1.50 bits per heavy atom. The minimum absolute atomic E-state index is 0.0126. The van der Waals surface area contributed by atoms with E-state index in [9.17, 15) is 14.7 Å². The third-order valence-electron chi connectivity index (χ3n) is 8.11. The first-order valence-electron chi connectivity index (χ1n) is 14.0. The Kier molecular flexibility index (Phi) is 13.7. The molecule has 1 amide bonds. The number of aliphatic hydroxyl groups is 1. The SMILES string of the molecule is CCC[CH2][Sn](/[CH]=C/C=C/C(O)=C1\C(=O)[C@H](CO[Si](C)(C)C(C)(C)C)N(C)C1=O)([CH2]CCC)[CH2]CCC. The molecule has 1 N–H and O–H groups in total. The van der Waals surface area contributed by atoms with Crippen LogP contribution in [0.4, 0.5) is 0 Å². The van der Waals surface area contributed by atoms with Crippen molar-refractivity contribution in [3.05, 3.63) is 33.7 Å². The first-order chi connectivity index (χ1) is 16.8. The van der Waals surface area contributed by atoms with Gasteiger partial charge in [0, 0.05) is 0 Å². The van der Waals surface area contributed by atoms with Crippen molar-refractivity contribution in [3.63, 3.8) is 0 Å². The van der Waals surface area contributed by atoms with Crippen molar-refractivity contribution in [2.45, 2.75) is 118 Å². The number of carbonyl (C=O) groups excluding carboxylic acids is 2. The Morgan fingerprint density at radius 1 is 1.00 bits per heavy atom. The zero-order valence-electron chi connectivity index (χ0n) is 24.6. The van der Waals surface area contributed by atoms with Gasteiger partial charge < -0.3 is 0 Å². The molecule has 1 aliphatic rings. The fourth-order valence-electron chi connectivity index (χ4n) is 4.39. The number of rotatable bonds is 15. The third-order valence-corrected chi connectivity index (χ3v) is 26.7. The van der Waals surface area contributed by atoms with Crippen molar-refractivity contribution >= 4 is 38.4 Å². The van der Waals surface area contributed by atoms with Gasteiger partial charge in [-0.3, -0.25) is 0 Å². The van der Waals surface area contributed by atoms with Crippen LogP contribution in [0.3, 0.4) is 0 Å². The molecule has 0 unspecified atom stereocenters. The van der Waals surface area contributed by atoms with Gasteiger partial charge in [-0.15, -0.1) is 0 Å². The standard InChI is InChI=1S/C17H26NO4Si.3C4H9.Sn/c1-8-9-10-13(19)14-15(20)12(18(5)16(14)21)11-22-23(6,7)17(2,3)4;3*1-3-4-2;/h1,8-10,12,19H,11H2,2-7H3;3*1,3-4H2,2H3;/b8-1?,10-9+,14-13-;;;;/t12-;;;;/m0..../s1. The van der Waals surface area contributed by atoms with Gasteiger partial charge >= 0.3 is 206 Å². The van der Waals surface area contributed by atoms with E-state index in [0.717, 1.165) is 0 Å². The summed E-state index contributed by atoms with van der Waals surface area (Å²) in [6.45, 7) is 17.7. The van der Waals surface area contributed by atoms with E-state index in [-0.39, 0.29) is 28.8 Å². The van der Waals surface area contributed by atoms with Gasteiger partial charge in [-0.05, 0) is 0 Å². The van der Waals surface area contributed by atoms with E-state index in [1.165, 1.54) is 62.8 Å². The average molecular weight is 627 g/mol. The van der Waals surface area contributed by atoms with E-state index < -0.39 is 38.6 Å². The molecule has 1 aliphatic heterocycles. The summed E-state index contributed by atoms with van der Waals surface area (Å²) >= 11 is -2.41. The van der Waals surface area contributed by atoms with E-state index >= 15 is 0 Å². The summed E-state index contributed by atoms with van der Waals surface area (Å²) < 4.78 is 12.9. The molecule has 0 radical (unpaired) electrons. The zero-order chi connectivity index (χ0) is 27.6. The Morgan fingerprint density at radius 3 is 1.94 bits per heavy atom. The summed E-state index contributed by atoms with van der Waals surface area (Å²) in [6, 6.07) is -0.686. The van der Waals surface area contributed by atoms with Crippen LogP contribution >= 0.6 is 0 Å². The molecule has 1 heterocycles. The van der Waals surface area contributed by atoms with Crippen molar-refractivity contribution < 1.29 is 19.1 Å². The molecular formula is C29H53NO4SiSn. The predicted molar refractivity (Wildman–Crippen MR) is 158 cm³/mol. The summed E-state index contributed by atoms with van der Waals surface area (Å²) in [4.78, 5) is 27.3. The van der Waals surface area contributed by atoms with E-state index in [0.29, 0.717) is 0 Å². The van der Waals surface area contributed by atoms with Gasteiger partial charge in [-0.25, -0.2) is 0 Å². The van der Waals surface area contributed by atoms with Gasteiger partial charge in [-0.1, -0.05) is 20.8 Å².